The van der Waals surface area contributed by atoms with Crippen LogP contribution in [-0.4, -0.2) is 61.6 Å². The molecule has 3 aliphatic heterocycles. The fraction of sp³-hybridized carbons (Fsp3) is 0.312. The molecule has 0 aliphatic carbocycles. The van der Waals surface area contributed by atoms with Gasteiger partial charge in [0.05, 0.1) is 0 Å². The molecule has 0 spiro atoms. The fourth-order valence-electron chi connectivity index (χ4n) is 2.85. The Morgan fingerprint density at radius 3 is 2.83 bits per heavy atom. The molecular formula is C16H17N5O6S2. The van der Waals surface area contributed by atoms with Gasteiger partial charge in [0.15, 0.2) is 10.7 Å². The van der Waals surface area contributed by atoms with Gasteiger partial charge in [-0.15, -0.1) is 11.8 Å². The lowest BCUT2D eigenvalue weighted by Crippen LogP contribution is -2.72. The first kappa shape index (κ1) is 21.0. The van der Waals surface area contributed by atoms with E-state index in [-0.39, 0.29) is 11.4 Å². The molecule has 154 valence electrons. The van der Waals surface area contributed by atoms with Gasteiger partial charge < -0.3 is 20.6 Å². The highest BCUT2D eigenvalue weighted by Gasteiger charge is 2.54. The molecule has 29 heavy (non-hydrogen) atoms. The first-order chi connectivity index (χ1) is 13.7. The third-order valence-electron chi connectivity index (χ3n) is 4.19. The molecule has 0 aromatic rings. The molecule has 0 aromatic carbocycles. The Labute approximate surface area is 173 Å². The van der Waals surface area contributed by atoms with Crippen molar-refractivity contribution >= 4 is 53.0 Å². The van der Waals surface area contributed by atoms with Crippen molar-refractivity contribution in [2.75, 3.05) is 5.75 Å². The monoisotopic (exact) mass is 439 g/mol. The van der Waals surface area contributed by atoms with Gasteiger partial charge in [-0.25, -0.2) is 9.59 Å². The summed E-state index contributed by atoms with van der Waals surface area (Å²) in [6.45, 7) is 4.68. The van der Waals surface area contributed by atoms with Crippen LogP contribution in [0.4, 0.5) is 0 Å². The largest absolute Gasteiger partial charge is 0.477 e. The van der Waals surface area contributed by atoms with E-state index < -0.39 is 40.2 Å². The lowest BCUT2D eigenvalue weighted by Gasteiger charge is -2.49. The van der Waals surface area contributed by atoms with Crippen molar-refractivity contribution in [1.29, 1.82) is 0 Å². The Bertz CT molecular complexity index is 890. The van der Waals surface area contributed by atoms with Crippen molar-refractivity contribution in [3.05, 3.63) is 35.5 Å². The predicted molar refractivity (Wildman–Crippen MR) is 106 cm³/mol. The minimum atomic E-state index is -1.49. The highest BCUT2D eigenvalue weighted by atomic mass is 32.2. The summed E-state index contributed by atoms with van der Waals surface area (Å²) in [6.07, 6.45) is 2.89. The van der Waals surface area contributed by atoms with Crippen molar-refractivity contribution < 1.29 is 29.1 Å². The van der Waals surface area contributed by atoms with E-state index in [0.717, 1.165) is 23.6 Å². The molecule has 1 fully saturated rings. The van der Waals surface area contributed by atoms with Crippen LogP contribution in [0.5, 0.6) is 0 Å². The SMILES string of the molecule is C=CC1=C(C(=O)O)N2C(=O)C(NC(=O)/C(=N/OC(C)=O)C3(N)NC=CS3)[C@H]2SC1. The van der Waals surface area contributed by atoms with Crippen molar-refractivity contribution in [2.24, 2.45) is 10.9 Å². The lowest BCUT2D eigenvalue weighted by atomic mass is 10.0. The topological polar surface area (TPSA) is 163 Å². The van der Waals surface area contributed by atoms with Crippen LogP contribution in [-0.2, 0) is 24.0 Å². The summed E-state index contributed by atoms with van der Waals surface area (Å²) in [5.74, 6) is -3.10. The number of hydrogen-bond donors (Lipinski definition) is 4. The number of thioether (sulfide) groups is 2. The zero-order valence-corrected chi connectivity index (χ0v) is 16.7. The number of oxime groups is 1. The van der Waals surface area contributed by atoms with Crippen LogP contribution in [0.25, 0.3) is 0 Å². The Kier molecular flexibility index (Phi) is 5.73. The van der Waals surface area contributed by atoms with Crippen LogP contribution in [0.15, 0.2) is 40.7 Å². The first-order valence-corrected chi connectivity index (χ1v) is 10.1. The molecule has 3 aliphatic rings. The molecule has 3 atom stereocenters. The predicted octanol–water partition coefficient (Wildman–Crippen LogP) is -0.750. The average molecular weight is 439 g/mol. The molecule has 11 nitrogen and oxygen atoms in total. The van der Waals surface area contributed by atoms with E-state index in [2.05, 4.69) is 27.2 Å². The first-order valence-electron chi connectivity index (χ1n) is 8.19. The maximum atomic E-state index is 12.8. The standard InChI is InChI=1S/C16H17N5O6S2/c1-3-8-6-28-14-9(13(24)21(14)10(8)15(25)26)19-12(23)11(20-27-7(2)22)16(17)18-4-5-29-16/h3-5,9,14,18H,1,6,17H2,2H3,(H,19,23)(H,25,26)/b20-11-/t9?,14-,16?/m1/s1. The number of nitrogens with zero attached hydrogens (tertiary/aromatic N) is 2. The van der Waals surface area contributed by atoms with Gasteiger partial charge in [0.25, 0.3) is 11.8 Å². The summed E-state index contributed by atoms with van der Waals surface area (Å²) >= 11 is 2.31. The highest BCUT2D eigenvalue weighted by molar-refractivity contribution is 8.04. The highest BCUT2D eigenvalue weighted by Crippen LogP contribution is 2.40. The summed E-state index contributed by atoms with van der Waals surface area (Å²) in [5, 5.41) is 19.2. The number of hydrogen-bond acceptors (Lipinski definition) is 10. The second kappa shape index (κ2) is 7.93. The molecule has 3 heterocycles. The molecule has 0 bridgehead atoms. The van der Waals surface area contributed by atoms with E-state index in [0.29, 0.717) is 11.3 Å². The van der Waals surface area contributed by atoms with Gasteiger partial charge in [0.2, 0.25) is 0 Å². The number of carbonyl (C=O) groups excluding carboxylic acids is 3. The van der Waals surface area contributed by atoms with Crippen molar-refractivity contribution in [3.63, 3.8) is 0 Å². The van der Waals surface area contributed by atoms with Crippen molar-refractivity contribution in [2.45, 2.75) is 23.3 Å². The van der Waals surface area contributed by atoms with E-state index in [1.54, 1.807) is 5.41 Å². The van der Waals surface area contributed by atoms with Crippen LogP contribution in [0.3, 0.4) is 0 Å². The smallest absolute Gasteiger partial charge is 0.352 e. The van der Waals surface area contributed by atoms with Gasteiger partial charge in [-0.2, -0.15) is 0 Å². The molecule has 0 saturated carbocycles. The number of β-lactam (4-membered cyclic amide) rings is 1. The number of carbonyl (C=O) groups is 4. The van der Waals surface area contributed by atoms with E-state index in [4.69, 9.17) is 5.73 Å². The zero-order chi connectivity index (χ0) is 21.3. The molecule has 5 N–H and O–H groups in total. The second-order valence-corrected chi connectivity index (χ2v) is 8.32. The molecular weight excluding hydrogens is 422 g/mol. The zero-order valence-electron chi connectivity index (χ0n) is 15.1. The summed E-state index contributed by atoms with van der Waals surface area (Å²) in [7, 11) is 0. The lowest BCUT2D eigenvalue weighted by molar-refractivity contribution is -0.150. The molecule has 2 amide bonds. The van der Waals surface area contributed by atoms with E-state index in [1.807, 2.05) is 0 Å². The maximum Gasteiger partial charge on any atom is 0.352 e. The van der Waals surface area contributed by atoms with Gasteiger partial charge in [-0.3, -0.25) is 20.2 Å². The molecule has 2 unspecified atom stereocenters. The van der Waals surface area contributed by atoms with Gasteiger partial charge >= 0.3 is 11.9 Å². The molecule has 3 rings (SSSR count). The van der Waals surface area contributed by atoms with Gasteiger partial charge in [0, 0.05) is 18.9 Å². The van der Waals surface area contributed by atoms with Crippen LogP contribution >= 0.6 is 23.5 Å². The molecule has 13 heteroatoms. The Morgan fingerprint density at radius 1 is 1.55 bits per heavy atom. The van der Waals surface area contributed by atoms with Gasteiger partial charge in [-0.1, -0.05) is 29.6 Å². The van der Waals surface area contributed by atoms with E-state index in [1.165, 1.54) is 24.0 Å². The Morgan fingerprint density at radius 2 is 2.28 bits per heavy atom. The fourth-order valence-corrected chi connectivity index (χ4v) is 4.92. The number of allylic oxidation sites excluding steroid dienone is 1. The van der Waals surface area contributed by atoms with E-state index in [9.17, 15) is 24.3 Å². The Hall–Kier alpha value is -2.77. The molecule has 0 aromatic heterocycles. The van der Waals surface area contributed by atoms with Gasteiger partial charge in [0.1, 0.15) is 17.1 Å². The third kappa shape index (κ3) is 3.75. The van der Waals surface area contributed by atoms with Crippen molar-refractivity contribution in [1.82, 2.24) is 15.5 Å². The number of nitrogens with one attached hydrogen (secondary N) is 2. The number of nitrogens with two attached hydrogens (primary N) is 1. The quantitative estimate of drug-likeness (QED) is 0.179. The third-order valence-corrected chi connectivity index (χ3v) is 6.44. The normalized spacial score (nSPS) is 28.3. The van der Waals surface area contributed by atoms with E-state index >= 15 is 0 Å². The van der Waals surface area contributed by atoms with Crippen molar-refractivity contribution in [3.8, 4) is 0 Å². The average Bonchev–Trinajstić information content (AvgIpc) is 3.11. The minimum absolute atomic E-state index is 0.152. The minimum Gasteiger partial charge on any atom is -0.477 e. The summed E-state index contributed by atoms with van der Waals surface area (Å²) in [5.41, 5.74) is 6.02. The number of carboxylic acid groups (broad SMARTS) is 1. The van der Waals surface area contributed by atoms with Crippen LogP contribution in [0, 0.1) is 0 Å². The number of aliphatic carboxylic acids is 1. The number of rotatable bonds is 6. The maximum absolute atomic E-state index is 12.8. The Balaban J connectivity index is 1.80. The number of fused-ring (bicyclic) bond motifs is 1. The van der Waals surface area contributed by atoms with Crippen LogP contribution in [0.2, 0.25) is 0 Å². The van der Waals surface area contributed by atoms with Crippen LogP contribution in [0.1, 0.15) is 6.92 Å². The molecule has 0 radical (unpaired) electrons. The van der Waals surface area contributed by atoms with Crippen LogP contribution < -0.4 is 16.4 Å². The molecule has 1 saturated heterocycles. The van der Waals surface area contributed by atoms with Gasteiger partial charge in [-0.05, 0) is 11.0 Å². The summed E-state index contributed by atoms with van der Waals surface area (Å²) in [4.78, 5) is 52.2. The number of carboxylic acids is 1. The number of amides is 2. The second-order valence-electron chi connectivity index (χ2n) is 6.07. The summed E-state index contributed by atoms with van der Waals surface area (Å²) < 4.78 is 0. The summed E-state index contributed by atoms with van der Waals surface area (Å²) in [6, 6.07) is -0.987.